The first-order valence-corrected chi connectivity index (χ1v) is 5.84. The fourth-order valence-corrected chi connectivity index (χ4v) is 2.32. The third-order valence-corrected chi connectivity index (χ3v) is 3.42. The highest BCUT2D eigenvalue weighted by molar-refractivity contribution is 5.42. The molecule has 16 heavy (non-hydrogen) atoms. The predicted octanol–water partition coefficient (Wildman–Crippen LogP) is 2.30. The average molecular weight is 221 g/mol. The van der Waals surface area contributed by atoms with Crippen molar-refractivity contribution < 1.29 is 10.2 Å². The Balaban J connectivity index is 2.11. The molecule has 3 heteroatoms. The molecule has 0 aliphatic carbocycles. The zero-order chi connectivity index (χ0) is 11.7. The largest absolute Gasteiger partial charge is 0.504 e. The molecule has 0 amide bonds. The van der Waals surface area contributed by atoms with E-state index in [2.05, 4.69) is 18.7 Å². The molecule has 1 atom stereocenters. The molecule has 0 unspecified atom stereocenters. The molecule has 0 radical (unpaired) electrons. The van der Waals surface area contributed by atoms with Crippen molar-refractivity contribution in [3.63, 3.8) is 0 Å². The second-order valence-corrected chi connectivity index (χ2v) is 4.82. The molecule has 88 valence electrons. The van der Waals surface area contributed by atoms with Crippen LogP contribution in [-0.2, 0) is 0 Å². The minimum atomic E-state index is -0.0394. The Morgan fingerprint density at radius 1 is 1.25 bits per heavy atom. The second-order valence-electron chi connectivity index (χ2n) is 4.82. The molecule has 1 aliphatic rings. The maximum Gasteiger partial charge on any atom is 0.157 e. The smallest absolute Gasteiger partial charge is 0.157 e. The Bertz CT molecular complexity index is 376. The van der Waals surface area contributed by atoms with Crippen molar-refractivity contribution in [2.24, 2.45) is 0 Å². The van der Waals surface area contributed by atoms with Crippen LogP contribution in [0.2, 0.25) is 0 Å². The first-order chi connectivity index (χ1) is 7.58. The van der Waals surface area contributed by atoms with Gasteiger partial charge in [0.15, 0.2) is 11.5 Å². The first kappa shape index (κ1) is 11.3. The van der Waals surface area contributed by atoms with E-state index >= 15 is 0 Å². The van der Waals surface area contributed by atoms with Crippen LogP contribution in [0.25, 0.3) is 0 Å². The molecule has 2 N–H and O–H groups in total. The van der Waals surface area contributed by atoms with E-state index in [1.54, 1.807) is 12.1 Å². The van der Waals surface area contributed by atoms with E-state index in [9.17, 15) is 10.2 Å². The third-order valence-electron chi connectivity index (χ3n) is 3.42. The molecule has 0 spiro atoms. The van der Waals surface area contributed by atoms with E-state index in [1.807, 2.05) is 6.07 Å². The van der Waals surface area contributed by atoms with Gasteiger partial charge in [0.1, 0.15) is 0 Å². The van der Waals surface area contributed by atoms with Crippen LogP contribution in [0, 0.1) is 0 Å². The van der Waals surface area contributed by atoms with Crippen molar-refractivity contribution >= 4 is 0 Å². The Hall–Kier alpha value is -1.22. The molecule has 1 aromatic rings. The minimum Gasteiger partial charge on any atom is -0.504 e. The van der Waals surface area contributed by atoms with Gasteiger partial charge in [-0.05, 0) is 50.4 Å². The van der Waals surface area contributed by atoms with Crippen LogP contribution in [0.3, 0.4) is 0 Å². The van der Waals surface area contributed by atoms with Crippen LogP contribution < -0.4 is 0 Å². The number of hydrogen-bond donors (Lipinski definition) is 2. The zero-order valence-corrected chi connectivity index (χ0v) is 9.85. The fraction of sp³-hybridized carbons (Fsp3) is 0.538. The predicted molar refractivity (Wildman–Crippen MR) is 63.8 cm³/mol. The number of aromatic hydroxyl groups is 2. The zero-order valence-electron chi connectivity index (χ0n) is 9.85. The van der Waals surface area contributed by atoms with Crippen LogP contribution in [-0.4, -0.2) is 34.2 Å². The topological polar surface area (TPSA) is 43.7 Å². The van der Waals surface area contributed by atoms with Crippen LogP contribution in [0.5, 0.6) is 11.5 Å². The van der Waals surface area contributed by atoms with Gasteiger partial charge >= 0.3 is 0 Å². The van der Waals surface area contributed by atoms with Gasteiger partial charge in [-0.3, -0.25) is 0 Å². The highest BCUT2D eigenvalue weighted by atomic mass is 16.3. The molecule has 0 bridgehead atoms. The summed E-state index contributed by atoms with van der Waals surface area (Å²) in [4.78, 5) is 2.44. The standard InChI is InChI=1S/C13H19NO2/c1-9(2)14-6-5-11(8-14)10-3-4-12(15)13(16)7-10/h3-4,7,9,11,15-16H,5-6,8H2,1-2H3/t11-/m1/s1. The summed E-state index contributed by atoms with van der Waals surface area (Å²) < 4.78 is 0. The number of likely N-dealkylation sites (tertiary alicyclic amines) is 1. The van der Waals surface area contributed by atoms with Crippen molar-refractivity contribution in [1.82, 2.24) is 4.90 Å². The van der Waals surface area contributed by atoms with Crippen LogP contribution in [0.1, 0.15) is 31.7 Å². The molecule has 0 aromatic heterocycles. The Labute approximate surface area is 96.3 Å². The van der Waals surface area contributed by atoms with E-state index in [-0.39, 0.29) is 11.5 Å². The van der Waals surface area contributed by atoms with Gasteiger partial charge in [-0.25, -0.2) is 0 Å². The van der Waals surface area contributed by atoms with Crippen molar-refractivity contribution in [2.75, 3.05) is 13.1 Å². The average Bonchev–Trinajstić information content (AvgIpc) is 2.71. The normalized spacial score (nSPS) is 21.8. The monoisotopic (exact) mass is 221 g/mol. The van der Waals surface area contributed by atoms with Gasteiger partial charge in [0.05, 0.1) is 0 Å². The van der Waals surface area contributed by atoms with Gasteiger partial charge in [0.25, 0.3) is 0 Å². The van der Waals surface area contributed by atoms with Crippen molar-refractivity contribution in [2.45, 2.75) is 32.2 Å². The molecule has 1 heterocycles. The Morgan fingerprint density at radius 2 is 2.00 bits per heavy atom. The summed E-state index contributed by atoms with van der Waals surface area (Å²) in [5, 5.41) is 18.7. The van der Waals surface area contributed by atoms with Gasteiger partial charge in [-0.1, -0.05) is 6.07 Å². The lowest BCUT2D eigenvalue weighted by Gasteiger charge is -2.20. The number of rotatable bonds is 2. The number of hydrogen-bond acceptors (Lipinski definition) is 3. The lowest BCUT2D eigenvalue weighted by molar-refractivity contribution is 0.272. The highest BCUT2D eigenvalue weighted by Crippen LogP contribution is 2.33. The third kappa shape index (κ3) is 2.14. The van der Waals surface area contributed by atoms with Crippen molar-refractivity contribution in [1.29, 1.82) is 0 Å². The van der Waals surface area contributed by atoms with Gasteiger partial charge in [0.2, 0.25) is 0 Å². The molecular formula is C13H19NO2. The molecular weight excluding hydrogens is 202 g/mol. The van der Waals surface area contributed by atoms with Crippen molar-refractivity contribution in [3.8, 4) is 11.5 Å². The molecule has 2 rings (SSSR count). The Morgan fingerprint density at radius 3 is 2.56 bits per heavy atom. The molecule has 1 fully saturated rings. The van der Waals surface area contributed by atoms with Gasteiger partial charge in [-0.2, -0.15) is 0 Å². The number of nitrogens with zero attached hydrogens (tertiary/aromatic N) is 1. The molecule has 1 aromatic carbocycles. The summed E-state index contributed by atoms with van der Waals surface area (Å²) in [5.41, 5.74) is 1.12. The molecule has 1 saturated heterocycles. The number of phenolic OH excluding ortho intramolecular Hbond substituents is 2. The Kier molecular flexibility index (Phi) is 3.06. The highest BCUT2D eigenvalue weighted by Gasteiger charge is 2.25. The summed E-state index contributed by atoms with van der Waals surface area (Å²) in [7, 11) is 0. The maximum atomic E-state index is 9.47. The number of phenols is 2. The van der Waals surface area contributed by atoms with Gasteiger partial charge < -0.3 is 15.1 Å². The minimum absolute atomic E-state index is 0.0134. The lowest BCUT2D eigenvalue weighted by Crippen LogP contribution is -2.27. The summed E-state index contributed by atoms with van der Waals surface area (Å²) >= 11 is 0. The van der Waals surface area contributed by atoms with Crippen LogP contribution >= 0.6 is 0 Å². The van der Waals surface area contributed by atoms with E-state index in [0.717, 1.165) is 25.1 Å². The maximum absolute atomic E-state index is 9.47. The van der Waals surface area contributed by atoms with Crippen LogP contribution in [0.4, 0.5) is 0 Å². The van der Waals surface area contributed by atoms with E-state index in [1.165, 1.54) is 0 Å². The SMILES string of the molecule is CC(C)N1CC[C@@H](c2ccc(O)c(O)c2)C1. The lowest BCUT2D eigenvalue weighted by atomic mass is 9.98. The summed E-state index contributed by atoms with van der Waals surface area (Å²) in [6.45, 7) is 6.57. The molecule has 1 aliphatic heterocycles. The van der Waals surface area contributed by atoms with Crippen molar-refractivity contribution in [3.05, 3.63) is 23.8 Å². The van der Waals surface area contributed by atoms with E-state index < -0.39 is 0 Å². The summed E-state index contributed by atoms with van der Waals surface area (Å²) in [5.74, 6) is 0.428. The van der Waals surface area contributed by atoms with E-state index in [4.69, 9.17) is 0 Å². The number of benzene rings is 1. The molecule has 3 nitrogen and oxygen atoms in total. The van der Waals surface area contributed by atoms with Gasteiger partial charge in [0, 0.05) is 12.6 Å². The second kappa shape index (κ2) is 4.34. The summed E-state index contributed by atoms with van der Waals surface area (Å²) in [6, 6.07) is 5.74. The quantitative estimate of drug-likeness (QED) is 0.753. The van der Waals surface area contributed by atoms with Gasteiger partial charge in [-0.15, -0.1) is 0 Å². The first-order valence-electron chi connectivity index (χ1n) is 5.84. The van der Waals surface area contributed by atoms with Crippen LogP contribution in [0.15, 0.2) is 18.2 Å². The van der Waals surface area contributed by atoms with E-state index in [0.29, 0.717) is 12.0 Å². The molecule has 0 saturated carbocycles. The fourth-order valence-electron chi connectivity index (χ4n) is 2.32. The summed E-state index contributed by atoms with van der Waals surface area (Å²) in [6.07, 6.45) is 1.13.